The van der Waals surface area contributed by atoms with Crippen molar-refractivity contribution in [3.63, 3.8) is 0 Å². The third-order valence-electron chi connectivity index (χ3n) is 11.7. The third-order valence-corrected chi connectivity index (χ3v) is 11.7. The average Bonchev–Trinajstić information content (AvgIpc) is 3.98. The van der Waals surface area contributed by atoms with E-state index in [1.54, 1.807) is 0 Å². The van der Waals surface area contributed by atoms with Crippen molar-refractivity contribution in [2.24, 2.45) is 0 Å². The zero-order valence-corrected chi connectivity index (χ0v) is 35.4. The predicted octanol–water partition coefficient (Wildman–Crippen LogP) is 9.90. The second kappa shape index (κ2) is 12.9. The Morgan fingerprint density at radius 3 is 2.40 bits per heavy atom. The summed E-state index contributed by atoms with van der Waals surface area (Å²) in [7, 11) is 2.15. The molecule has 0 bridgehead atoms. The van der Waals surface area contributed by atoms with Crippen molar-refractivity contribution in [2.45, 2.75) is 47.0 Å². The van der Waals surface area contributed by atoms with E-state index in [1.807, 2.05) is 36.7 Å². The molecule has 0 fully saturated rings. The Balaban J connectivity index is 0.00000408. The molecule has 11 heteroatoms. The molecule has 286 valence electrons. The molecule has 9 nitrogen and oxygen atoms in total. The van der Waals surface area contributed by atoms with Crippen molar-refractivity contribution in [1.82, 2.24) is 28.4 Å². The molecule has 0 atom stereocenters. The summed E-state index contributed by atoms with van der Waals surface area (Å²) in [5.41, 5.74) is 12.8. The summed E-state index contributed by atoms with van der Waals surface area (Å²) in [5.74, 6) is 3.30. The Kier molecular flexibility index (Phi) is 8.09. The molecule has 0 saturated heterocycles. The summed E-state index contributed by atoms with van der Waals surface area (Å²) in [6.45, 7) is 13.0. The molecule has 11 rings (SSSR count). The third kappa shape index (κ3) is 5.17. The summed E-state index contributed by atoms with van der Waals surface area (Å²) >= 11 is 0. The van der Waals surface area contributed by atoms with Crippen molar-refractivity contribution in [3.05, 3.63) is 138 Å². The number of nitrogens with zero attached hydrogens (tertiary/aromatic N) is 7. The molecule has 58 heavy (non-hydrogen) atoms. The maximum atomic E-state index is 6.90. The van der Waals surface area contributed by atoms with Gasteiger partial charge in [-0.2, -0.15) is 0 Å². The van der Waals surface area contributed by atoms with Crippen molar-refractivity contribution >= 4 is 67.9 Å². The number of hydrogen-bond donors (Lipinski definition) is 0. The van der Waals surface area contributed by atoms with Crippen LogP contribution in [0.3, 0.4) is 0 Å². The van der Waals surface area contributed by atoms with E-state index in [4.69, 9.17) is 24.1 Å². The number of aryl methyl sites for hydroxylation is 3. The molecule has 1 aliphatic rings. The van der Waals surface area contributed by atoms with Crippen LogP contribution in [0.15, 0.2) is 108 Å². The number of aromatic nitrogens is 6. The van der Waals surface area contributed by atoms with Gasteiger partial charge >= 0.3 is 28.0 Å². The Morgan fingerprint density at radius 2 is 1.59 bits per heavy atom. The van der Waals surface area contributed by atoms with E-state index in [9.17, 15) is 0 Å². The molecule has 0 saturated carbocycles. The molecule has 0 radical (unpaired) electrons. The summed E-state index contributed by atoms with van der Waals surface area (Å²) in [4.78, 5) is 17.4. The zero-order chi connectivity index (χ0) is 38.9. The van der Waals surface area contributed by atoms with Gasteiger partial charge in [-0.15, -0.1) is 18.2 Å². The van der Waals surface area contributed by atoms with Crippen LogP contribution in [0.1, 0.15) is 43.0 Å². The Bertz CT molecular complexity index is 3270. The van der Waals surface area contributed by atoms with Crippen LogP contribution in [0.5, 0.6) is 11.5 Å². The molecule has 0 aliphatic carbocycles. The van der Waals surface area contributed by atoms with Crippen LogP contribution in [0, 0.1) is 32.9 Å². The standard InChI is InChI=1S/C47H38BN7O2.Pt/c1-27-12-10-13-28(2)41(27)48-52(7)43-33(45-50-22-23-53(45)48)26-38(44-40(43)32-15-8-9-17-37(32)57-44)56-31-18-19-34-36(25-31)55(39-24-30(20-21-49-39)47(4,5)6)46-51-42-29(3)14-11-16-35(42)54(34)46;/h8-24H,1-7H3;/q-2;+2. The summed E-state index contributed by atoms with van der Waals surface area (Å²) in [5, 5.41) is 1.95. The van der Waals surface area contributed by atoms with Gasteiger partial charge in [0.1, 0.15) is 11.4 Å². The van der Waals surface area contributed by atoms with E-state index in [-0.39, 0.29) is 33.5 Å². The van der Waals surface area contributed by atoms with Crippen molar-refractivity contribution in [2.75, 3.05) is 11.9 Å². The minimum atomic E-state index is -0.124. The van der Waals surface area contributed by atoms with Gasteiger partial charge in [-0.25, -0.2) is 9.97 Å². The Labute approximate surface area is 350 Å². The van der Waals surface area contributed by atoms with Crippen LogP contribution in [0.2, 0.25) is 0 Å². The van der Waals surface area contributed by atoms with Gasteiger partial charge < -0.3 is 22.8 Å². The molecule has 0 N–H and O–H groups in total. The van der Waals surface area contributed by atoms with E-state index in [2.05, 4.69) is 146 Å². The fourth-order valence-corrected chi connectivity index (χ4v) is 8.88. The first kappa shape index (κ1) is 36.2. The topological polar surface area (TPSA) is 78.6 Å². The van der Waals surface area contributed by atoms with Crippen LogP contribution in [-0.4, -0.2) is 42.4 Å². The Morgan fingerprint density at radius 1 is 0.810 bits per heavy atom. The number of furan rings is 1. The quantitative estimate of drug-likeness (QED) is 0.129. The molecule has 0 unspecified atom stereocenters. The molecule has 0 amide bonds. The van der Waals surface area contributed by atoms with Gasteiger partial charge in [-0.1, -0.05) is 92.1 Å². The predicted molar refractivity (Wildman–Crippen MR) is 229 cm³/mol. The van der Waals surface area contributed by atoms with Crippen molar-refractivity contribution < 1.29 is 30.2 Å². The van der Waals surface area contributed by atoms with E-state index >= 15 is 0 Å². The fraction of sp³-hybridized carbons (Fsp3) is 0.170. The minimum Gasteiger partial charge on any atom is -0.499 e. The molecule has 10 aromatic rings. The minimum absolute atomic E-state index is 0. The van der Waals surface area contributed by atoms with Gasteiger partial charge in [0, 0.05) is 35.6 Å². The normalized spacial score (nSPS) is 12.9. The summed E-state index contributed by atoms with van der Waals surface area (Å²) in [6, 6.07) is 36.5. The second-order valence-electron chi connectivity index (χ2n) is 16.3. The molecular weight excluding hydrogens is 900 g/mol. The SMILES string of the molecule is Cc1cccc(C)c1B1N(C)c2c([c-]c(Oc3[c-]c4c(cc3)n3c5cccc(C)c5nc3n4-c3cc(C(C)(C)C)ccn3)c3oc4ccccc4c23)-c2nccn21.[Pt+2]. The number of rotatable bonds is 4. The first-order valence-corrected chi connectivity index (χ1v) is 19.3. The largest absolute Gasteiger partial charge is 2.00 e. The zero-order valence-electron chi connectivity index (χ0n) is 33.2. The van der Waals surface area contributed by atoms with E-state index in [0.29, 0.717) is 17.1 Å². The smallest absolute Gasteiger partial charge is 0.499 e. The first-order chi connectivity index (χ1) is 27.6. The van der Waals surface area contributed by atoms with Crippen molar-refractivity contribution in [3.8, 4) is 28.7 Å². The summed E-state index contributed by atoms with van der Waals surface area (Å²) in [6.07, 6.45) is 5.79. The van der Waals surface area contributed by atoms with Gasteiger partial charge in [-0.3, -0.25) is 9.55 Å². The molecule has 5 aromatic heterocycles. The number of ether oxygens (including phenoxy) is 1. The number of imidazole rings is 3. The van der Waals surface area contributed by atoms with E-state index in [0.717, 1.165) is 72.7 Å². The van der Waals surface area contributed by atoms with Gasteiger partial charge in [0.15, 0.2) is 0 Å². The molecule has 5 aromatic carbocycles. The molecular formula is C47H38BN7O2Pt. The maximum Gasteiger partial charge on any atom is 2.00 e. The molecule has 0 spiro atoms. The number of pyridine rings is 1. The maximum absolute atomic E-state index is 6.90. The second-order valence-corrected chi connectivity index (χ2v) is 16.3. The van der Waals surface area contributed by atoms with Crippen LogP contribution in [0.4, 0.5) is 5.69 Å². The first-order valence-electron chi connectivity index (χ1n) is 19.3. The monoisotopic (exact) mass is 938 g/mol. The number of anilines is 1. The van der Waals surface area contributed by atoms with Crippen molar-refractivity contribution in [1.29, 1.82) is 0 Å². The van der Waals surface area contributed by atoms with Gasteiger partial charge in [0.05, 0.1) is 22.4 Å². The van der Waals surface area contributed by atoms with Crippen LogP contribution < -0.4 is 15.0 Å². The van der Waals surface area contributed by atoms with E-state index < -0.39 is 0 Å². The van der Waals surface area contributed by atoms with Crippen LogP contribution in [0.25, 0.3) is 67.0 Å². The number of para-hydroxylation sites is 2. The molecule has 1 aliphatic heterocycles. The van der Waals surface area contributed by atoms with Gasteiger partial charge in [0.2, 0.25) is 5.78 Å². The fourth-order valence-electron chi connectivity index (χ4n) is 8.88. The number of benzene rings is 5. The number of fused-ring (bicyclic) bond motifs is 12. The van der Waals surface area contributed by atoms with Crippen LogP contribution in [-0.2, 0) is 26.5 Å². The Hall–Kier alpha value is -6.12. The average molecular weight is 939 g/mol. The summed E-state index contributed by atoms with van der Waals surface area (Å²) < 4.78 is 20.1. The van der Waals surface area contributed by atoms with Gasteiger partial charge in [-0.05, 0) is 96.2 Å². The van der Waals surface area contributed by atoms with Gasteiger partial charge in [0.25, 0.3) is 0 Å². The number of hydrogen-bond acceptors (Lipinski definition) is 6. The van der Waals surface area contributed by atoms with E-state index in [1.165, 1.54) is 22.2 Å². The molecule has 6 heterocycles. The van der Waals surface area contributed by atoms with Crippen LogP contribution >= 0.6 is 0 Å².